The van der Waals surface area contributed by atoms with Gasteiger partial charge in [-0.15, -0.1) is 0 Å². The Morgan fingerprint density at radius 1 is 1.24 bits per heavy atom. The summed E-state index contributed by atoms with van der Waals surface area (Å²) >= 11 is 0. The molecule has 1 aromatic rings. The minimum atomic E-state index is -3.56. The quantitative estimate of drug-likeness (QED) is 0.692. The molecule has 1 N–H and O–H groups in total. The van der Waals surface area contributed by atoms with Crippen LogP contribution in [0.3, 0.4) is 0 Å². The molecule has 0 saturated heterocycles. The molecule has 0 aliphatic heterocycles. The molecule has 6 nitrogen and oxygen atoms in total. The lowest BCUT2D eigenvalue weighted by atomic mass is 10.1. The number of ether oxygens (including phenoxy) is 2. The van der Waals surface area contributed by atoms with Crippen molar-refractivity contribution in [3.05, 3.63) is 29.3 Å². The first kappa shape index (κ1) is 17.6. The Morgan fingerprint density at radius 3 is 2.52 bits per heavy atom. The fourth-order valence-corrected chi connectivity index (χ4v) is 2.93. The molecule has 0 aromatic heterocycles. The van der Waals surface area contributed by atoms with Gasteiger partial charge in [-0.25, -0.2) is 13.2 Å². The number of aromatic carboxylic acids is 1. The van der Waals surface area contributed by atoms with E-state index in [-0.39, 0.29) is 22.8 Å². The van der Waals surface area contributed by atoms with Gasteiger partial charge in [0.25, 0.3) is 0 Å². The van der Waals surface area contributed by atoms with E-state index in [1.54, 1.807) is 6.07 Å². The monoisotopic (exact) mass is 316 g/mol. The van der Waals surface area contributed by atoms with Crippen molar-refractivity contribution in [2.45, 2.75) is 18.2 Å². The van der Waals surface area contributed by atoms with Gasteiger partial charge >= 0.3 is 5.97 Å². The topological polar surface area (TPSA) is 89.9 Å². The summed E-state index contributed by atoms with van der Waals surface area (Å²) in [5, 5.41) is 9.13. The maximum atomic E-state index is 12.1. The molecule has 0 fully saturated rings. The van der Waals surface area contributed by atoms with Crippen molar-refractivity contribution in [2.75, 3.05) is 32.7 Å². The van der Waals surface area contributed by atoms with E-state index >= 15 is 0 Å². The second-order valence-corrected chi connectivity index (χ2v) is 6.51. The molecule has 0 atom stereocenters. The first-order valence-electron chi connectivity index (χ1n) is 6.58. The van der Waals surface area contributed by atoms with E-state index in [2.05, 4.69) is 0 Å². The molecule has 0 bridgehead atoms. The average molecular weight is 316 g/mol. The van der Waals surface area contributed by atoms with E-state index in [0.29, 0.717) is 25.2 Å². The number of hydrogen-bond donors (Lipinski definition) is 1. The van der Waals surface area contributed by atoms with Crippen LogP contribution in [0.5, 0.6) is 0 Å². The summed E-state index contributed by atoms with van der Waals surface area (Å²) in [6.45, 7) is 2.58. The minimum absolute atomic E-state index is 0.00689. The zero-order chi connectivity index (χ0) is 15.9. The smallest absolute Gasteiger partial charge is 0.336 e. The fraction of sp³-hybridized carbons (Fsp3) is 0.500. The zero-order valence-electron chi connectivity index (χ0n) is 12.2. The Morgan fingerprint density at radius 2 is 1.95 bits per heavy atom. The molecule has 118 valence electrons. The number of rotatable bonds is 9. The molecule has 0 aliphatic carbocycles. The summed E-state index contributed by atoms with van der Waals surface area (Å²) in [5.74, 6) is -1.32. The Hall–Kier alpha value is -1.44. The lowest BCUT2D eigenvalue weighted by molar-refractivity contribution is 0.0695. The average Bonchev–Trinajstić information content (AvgIpc) is 2.46. The van der Waals surface area contributed by atoms with Crippen molar-refractivity contribution >= 4 is 15.8 Å². The summed E-state index contributed by atoms with van der Waals surface area (Å²) < 4.78 is 34.2. The van der Waals surface area contributed by atoms with Crippen LogP contribution in [0.1, 0.15) is 22.8 Å². The highest BCUT2D eigenvalue weighted by molar-refractivity contribution is 7.91. The first-order valence-corrected chi connectivity index (χ1v) is 8.23. The van der Waals surface area contributed by atoms with Crippen molar-refractivity contribution in [2.24, 2.45) is 0 Å². The number of sulfone groups is 1. The third-order valence-corrected chi connectivity index (χ3v) is 4.66. The van der Waals surface area contributed by atoms with Gasteiger partial charge < -0.3 is 14.6 Å². The highest BCUT2D eigenvalue weighted by atomic mass is 32.2. The Labute approximate surface area is 124 Å². The Kier molecular flexibility index (Phi) is 6.80. The number of methoxy groups -OCH3 is 1. The van der Waals surface area contributed by atoms with Crippen LogP contribution in [-0.4, -0.2) is 52.2 Å². The molecular formula is C14H20O6S. The predicted molar refractivity (Wildman–Crippen MR) is 77.5 cm³/mol. The maximum absolute atomic E-state index is 12.1. The normalized spacial score (nSPS) is 11.5. The number of aryl methyl sites for hydroxylation is 1. The summed E-state index contributed by atoms with van der Waals surface area (Å²) in [4.78, 5) is 11.2. The van der Waals surface area contributed by atoms with E-state index < -0.39 is 15.8 Å². The van der Waals surface area contributed by atoms with Gasteiger partial charge in [-0.3, -0.25) is 0 Å². The number of hydrogen-bond acceptors (Lipinski definition) is 5. The van der Waals surface area contributed by atoms with Crippen LogP contribution < -0.4 is 0 Å². The van der Waals surface area contributed by atoms with Crippen LogP contribution in [0.2, 0.25) is 0 Å². The molecule has 0 saturated carbocycles. The van der Waals surface area contributed by atoms with Gasteiger partial charge in [-0.1, -0.05) is 13.0 Å². The summed E-state index contributed by atoms with van der Waals surface area (Å²) in [6, 6.07) is 4.20. The van der Waals surface area contributed by atoms with Crippen molar-refractivity contribution < 1.29 is 27.8 Å². The van der Waals surface area contributed by atoms with E-state index in [4.69, 9.17) is 14.6 Å². The molecule has 0 radical (unpaired) electrons. The molecule has 0 heterocycles. The van der Waals surface area contributed by atoms with Crippen LogP contribution in [0, 0.1) is 0 Å². The minimum Gasteiger partial charge on any atom is -0.478 e. The Balaban J connectivity index is 2.83. The van der Waals surface area contributed by atoms with Crippen molar-refractivity contribution in [3.8, 4) is 0 Å². The van der Waals surface area contributed by atoms with Gasteiger partial charge in [0.1, 0.15) is 0 Å². The molecule has 0 amide bonds. The molecule has 0 aliphatic rings. The lowest BCUT2D eigenvalue weighted by Gasteiger charge is -2.09. The van der Waals surface area contributed by atoms with Gasteiger partial charge in [0, 0.05) is 7.11 Å². The molecule has 0 spiro atoms. The van der Waals surface area contributed by atoms with Crippen molar-refractivity contribution in [3.63, 3.8) is 0 Å². The number of carbonyl (C=O) groups is 1. The molecule has 1 rings (SSSR count). The van der Waals surface area contributed by atoms with Crippen LogP contribution in [-0.2, 0) is 25.7 Å². The standard InChI is InChI=1S/C14H20O6S/c1-3-11-4-5-12(10-13(11)14(15)16)21(17,18)9-8-20-7-6-19-2/h4-5,10H,3,6-9H2,1-2H3,(H,15,16). The zero-order valence-corrected chi connectivity index (χ0v) is 13.0. The summed E-state index contributed by atoms with van der Waals surface area (Å²) in [7, 11) is -2.03. The van der Waals surface area contributed by atoms with Crippen LogP contribution >= 0.6 is 0 Å². The third-order valence-electron chi connectivity index (χ3n) is 2.98. The number of carboxylic acids is 1. The predicted octanol–water partition coefficient (Wildman–Crippen LogP) is 1.38. The van der Waals surface area contributed by atoms with E-state index in [0.717, 1.165) is 0 Å². The van der Waals surface area contributed by atoms with Gasteiger partial charge in [-0.05, 0) is 24.1 Å². The summed E-state index contributed by atoms with van der Waals surface area (Å²) in [6.07, 6.45) is 0.530. The first-order chi connectivity index (χ1) is 9.92. The third kappa shape index (κ3) is 5.11. The van der Waals surface area contributed by atoms with Crippen molar-refractivity contribution in [1.29, 1.82) is 0 Å². The highest BCUT2D eigenvalue weighted by Gasteiger charge is 2.18. The Bertz CT molecular complexity index is 579. The van der Waals surface area contributed by atoms with Gasteiger partial charge in [0.15, 0.2) is 9.84 Å². The second-order valence-electron chi connectivity index (χ2n) is 4.40. The van der Waals surface area contributed by atoms with Crippen LogP contribution in [0.4, 0.5) is 0 Å². The molecule has 1 aromatic carbocycles. The molecular weight excluding hydrogens is 296 g/mol. The number of carboxylic acid groups (broad SMARTS) is 1. The summed E-state index contributed by atoms with van der Waals surface area (Å²) in [5.41, 5.74) is 0.636. The molecule has 21 heavy (non-hydrogen) atoms. The van der Waals surface area contributed by atoms with E-state index in [9.17, 15) is 13.2 Å². The fourth-order valence-electron chi connectivity index (χ4n) is 1.79. The lowest BCUT2D eigenvalue weighted by Crippen LogP contribution is -2.15. The molecule has 0 unspecified atom stereocenters. The van der Waals surface area contributed by atoms with E-state index in [1.807, 2.05) is 6.92 Å². The van der Waals surface area contributed by atoms with Gasteiger partial charge in [-0.2, -0.15) is 0 Å². The van der Waals surface area contributed by atoms with Gasteiger partial charge in [0.2, 0.25) is 0 Å². The molecule has 7 heteroatoms. The maximum Gasteiger partial charge on any atom is 0.336 e. The largest absolute Gasteiger partial charge is 0.478 e. The second kappa shape index (κ2) is 8.11. The number of benzene rings is 1. The van der Waals surface area contributed by atoms with Crippen molar-refractivity contribution in [1.82, 2.24) is 0 Å². The highest BCUT2D eigenvalue weighted by Crippen LogP contribution is 2.18. The van der Waals surface area contributed by atoms with E-state index in [1.165, 1.54) is 19.2 Å². The van der Waals surface area contributed by atoms with Crippen LogP contribution in [0.15, 0.2) is 23.1 Å². The van der Waals surface area contributed by atoms with Crippen LogP contribution in [0.25, 0.3) is 0 Å². The van der Waals surface area contributed by atoms with Gasteiger partial charge in [0.05, 0.1) is 36.0 Å². The SMILES string of the molecule is CCc1ccc(S(=O)(=O)CCOCCOC)cc1C(=O)O.